The fourth-order valence-corrected chi connectivity index (χ4v) is 4.39. The highest BCUT2D eigenvalue weighted by molar-refractivity contribution is 6.42. The average molecular weight is 557 g/mol. The number of likely N-dealkylation sites (N-methyl/N-ethyl adjacent to an activating group) is 1. The molecule has 2 aromatic carbocycles. The van der Waals surface area contributed by atoms with Crippen molar-refractivity contribution in [3.05, 3.63) is 69.2 Å². The lowest BCUT2D eigenvalue weighted by Crippen LogP contribution is -2.51. The van der Waals surface area contributed by atoms with Gasteiger partial charge in [-0.05, 0) is 48.2 Å². The third kappa shape index (κ3) is 7.44. The molecule has 0 spiro atoms. The van der Waals surface area contributed by atoms with Gasteiger partial charge < -0.3 is 20.4 Å². The lowest BCUT2D eigenvalue weighted by Gasteiger charge is -2.44. The van der Waals surface area contributed by atoms with Crippen LogP contribution in [0, 0.1) is 11.6 Å². The maximum atomic E-state index is 14.2. The predicted molar refractivity (Wildman–Crippen MR) is 123 cm³/mol. The number of carbonyl (C=O) groups excluding carboxylic acids is 1. The van der Waals surface area contributed by atoms with E-state index in [0.29, 0.717) is 0 Å². The van der Waals surface area contributed by atoms with Crippen LogP contribution < -0.4 is 5.32 Å². The monoisotopic (exact) mass is 556 g/mol. The molecule has 198 valence electrons. The predicted octanol–water partition coefficient (Wildman–Crippen LogP) is 5.70. The van der Waals surface area contributed by atoms with E-state index >= 15 is 0 Å². The molecule has 0 fully saturated rings. The Balaban J connectivity index is 2.80. The Morgan fingerprint density at radius 1 is 1.06 bits per heavy atom. The van der Waals surface area contributed by atoms with Crippen LogP contribution in [-0.4, -0.2) is 53.5 Å². The lowest BCUT2D eigenvalue weighted by atomic mass is 9.68. The zero-order chi connectivity index (χ0) is 27.3. The molecule has 0 aliphatic rings. The van der Waals surface area contributed by atoms with Crippen molar-refractivity contribution in [2.75, 3.05) is 20.2 Å². The maximum Gasteiger partial charge on any atom is 0.405 e. The average Bonchev–Trinajstić information content (AvgIpc) is 2.77. The highest BCUT2D eigenvalue weighted by atomic mass is 35.5. The first-order valence-corrected chi connectivity index (χ1v) is 11.3. The molecule has 1 unspecified atom stereocenters. The SMILES string of the molecule is CN(C[C@](CCCO)(c1ccc(Cl)c(Cl)c1)C(NC(=O)O)c1ccc(F)c(F)c1)C(=O)CC(F)(F)F. The van der Waals surface area contributed by atoms with E-state index in [1.54, 1.807) is 0 Å². The molecule has 0 radical (unpaired) electrons. The number of nitrogens with zero attached hydrogens (tertiary/aromatic N) is 1. The Morgan fingerprint density at radius 3 is 2.25 bits per heavy atom. The number of alkyl halides is 3. The molecule has 0 saturated carbocycles. The van der Waals surface area contributed by atoms with Crippen LogP contribution in [0.25, 0.3) is 0 Å². The number of aliphatic hydroxyl groups excluding tert-OH is 1. The zero-order valence-electron chi connectivity index (χ0n) is 18.9. The number of benzene rings is 2. The van der Waals surface area contributed by atoms with E-state index < -0.39 is 60.8 Å². The van der Waals surface area contributed by atoms with Crippen LogP contribution in [0.3, 0.4) is 0 Å². The van der Waals surface area contributed by atoms with E-state index in [0.717, 1.165) is 30.1 Å². The molecule has 0 saturated heterocycles. The number of carboxylic acid groups (broad SMARTS) is 1. The van der Waals surface area contributed by atoms with Crippen LogP contribution in [-0.2, 0) is 10.2 Å². The number of carbonyl (C=O) groups is 2. The lowest BCUT2D eigenvalue weighted by molar-refractivity contribution is -0.161. The second-order valence-corrected chi connectivity index (χ2v) is 9.02. The van der Waals surface area contributed by atoms with Crippen molar-refractivity contribution in [1.29, 1.82) is 0 Å². The van der Waals surface area contributed by atoms with Crippen LogP contribution >= 0.6 is 23.2 Å². The van der Waals surface area contributed by atoms with E-state index in [-0.39, 0.29) is 34.0 Å². The van der Waals surface area contributed by atoms with Gasteiger partial charge in [0.1, 0.15) is 6.42 Å². The van der Waals surface area contributed by atoms with Gasteiger partial charge in [0.05, 0.1) is 16.1 Å². The van der Waals surface area contributed by atoms with Gasteiger partial charge in [-0.25, -0.2) is 13.6 Å². The second kappa shape index (κ2) is 12.1. The van der Waals surface area contributed by atoms with Gasteiger partial charge >= 0.3 is 12.3 Å². The summed E-state index contributed by atoms with van der Waals surface area (Å²) in [6, 6.07) is 5.36. The number of rotatable bonds is 10. The second-order valence-electron chi connectivity index (χ2n) is 8.21. The van der Waals surface area contributed by atoms with Crippen LogP contribution in [0.5, 0.6) is 0 Å². The quantitative estimate of drug-likeness (QED) is 0.327. The van der Waals surface area contributed by atoms with E-state index in [4.69, 9.17) is 23.2 Å². The summed E-state index contributed by atoms with van der Waals surface area (Å²) >= 11 is 12.2. The van der Waals surface area contributed by atoms with Crippen molar-refractivity contribution in [3.63, 3.8) is 0 Å². The van der Waals surface area contributed by atoms with Crippen LogP contribution in [0.1, 0.15) is 36.4 Å². The molecule has 6 nitrogen and oxygen atoms in total. The highest BCUT2D eigenvalue weighted by Gasteiger charge is 2.45. The smallest absolute Gasteiger partial charge is 0.405 e. The fraction of sp³-hybridized carbons (Fsp3) is 0.391. The van der Waals surface area contributed by atoms with Crippen molar-refractivity contribution in [3.8, 4) is 0 Å². The van der Waals surface area contributed by atoms with E-state index in [1.807, 2.05) is 0 Å². The molecule has 36 heavy (non-hydrogen) atoms. The van der Waals surface area contributed by atoms with Crippen molar-refractivity contribution < 1.29 is 41.8 Å². The molecular weight excluding hydrogens is 534 g/mol. The molecule has 0 aliphatic heterocycles. The number of nitrogens with one attached hydrogen (secondary N) is 1. The van der Waals surface area contributed by atoms with Crippen LogP contribution in [0.4, 0.5) is 26.7 Å². The molecule has 0 aromatic heterocycles. The first-order valence-electron chi connectivity index (χ1n) is 10.5. The Kier molecular flexibility index (Phi) is 9.93. The Morgan fingerprint density at radius 2 is 1.72 bits per heavy atom. The van der Waals surface area contributed by atoms with Gasteiger partial charge in [0.2, 0.25) is 5.91 Å². The standard InChI is InChI=1S/C23H23Cl2F5N2O4/c1-32(19(34)11-23(28,29)30)12-22(7-2-8-33,14-4-5-15(24)16(25)10-14)20(31-21(35)36)13-3-6-17(26)18(27)9-13/h3-6,9-10,20,31,33H,2,7-8,11-12H2,1H3,(H,35,36)/t20?,22-/m1/s1. The Hall–Kier alpha value is -2.63. The first-order chi connectivity index (χ1) is 16.7. The summed E-state index contributed by atoms with van der Waals surface area (Å²) in [5, 5.41) is 21.5. The molecule has 0 heterocycles. The molecule has 2 aromatic rings. The number of halogens is 7. The van der Waals surface area contributed by atoms with Crippen LogP contribution in [0.15, 0.2) is 36.4 Å². The fourth-order valence-electron chi connectivity index (χ4n) is 4.09. The van der Waals surface area contributed by atoms with Gasteiger partial charge in [-0.3, -0.25) is 4.79 Å². The number of hydrogen-bond acceptors (Lipinski definition) is 3. The highest BCUT2D eigenvalue weighted by Crippen LogP contribution is 2.44. The summed E-state index contributed by atoms with van der Waals surface area (Å²) in [6.07, 6.45) is -8.26. The van der Waals surface area contributed by atoms with Crippen molar-refractivity contribution in [2.24, 2.45) is 0 Å². The zero-order valence-corrected chi connectivity index (χ0v) is 20.4. The Bertz CT molecular complexity index is 1100. The minimum absolute atomic E-state index is 0.00300. The van der Waals surface area contributed by atoms with E-state index in [2.05, 4.69) is 5.32 Å². The van der Waals surface area contributed by atoms with E-state index in [9.17, 15) is 41.8 Å². The molecule has 3 N–H and O–H groups in total. The topological polar surface area (TPSA) is 89.9 Å². The van der Waals surface area contributed by atoms with Crippen molar-refractivity contribution in [2.45, 2.75) is 36.9 Å². The van der Waals surface area contributed by atoms with Gasteiger partial charge in [0.15, 0.2) is 11.6 Å². The summed E-state index contributed by atoms with van der Waals surface area (Å²) < 4.78 is 66.6. The molecule has 13 heteroatoms. The summed E-state index contributed by atoms with van der Waals surface area (Å²) in [4.78, 5) is 25.0. The minimum Gasteiger partial charge on any atom is -0.465 e. The van der Waals surface area contributed by atoms with E-state index in [1.165, 1.54) is 18.2 Å². The van der Waals surface area contributed by atoms with Crippen molar-refractivity contribution >= 4 is 35.2 Å². The normalized spacial score (nSPS) is 14.1. The first kappa shape index (κ1) is 29.6. The van der Waals surface area contributed by atoms with Gasteiger partial charge in [0.25, 0.3) is 0 Å². The molecular formula is C23H23Cl2F5N2O4. The molecule has 0 aliphatic carbocycles. The van der Waals surface area contributed by atoms with Gasteiger partial charge in [-0.15, -0.1) is 0 Å². The summed E-state index contributed by atoms with van der Waals surface area (Å²) in [5.41, 5.74) is -1.44. The van der Waals surface area contributed by atoms with Gasteiger partial charge in [-0.2, -0.15) is 13.2 Å². The molecule has 2 atom stereocenters. The molecule has 2 rings (SSSR count). The summed E-state index contributed by atoms with van der Waals surface area (Å²) in [6.45, 7) is -0.912. The summed E-state index contributed by atoms with van der Waals surface area (Å²) in [5.74, 6) is -3.81. The number of aliphatic hydroxyl groups is 1. The molecule has 2 amide bonds. The van der Waals surface area contributed by atoms with Gasteiger partial charge in [-0.1, -0.05) is 35.3 Å². The number of hydrogen-bond donors (Lipinski definition) is 3. The Labute approximate surface area is 213 Å². The molecule has 0 bridgehead atoms. The van der Waals surface area contributed by atoms with Crippen LogP contribution in [0.2, 0.25) is 10.0 Å². The summed E-state index contributed by atoms with van der Waals surface area (Å²) in [7, 11) is 1.10. The minimum atomic E-state index is -4.80. The third-order valence-electron chi connectivity index (χ3n) is 5.67. The van der Waals surface area contributed by atoms with Gasteiger partial charge in [0, 0.05) is 25.6 Å². The largest absolute Gasteiger partial charge is 0.465 e. The maximum absolute atomic E-state index is 14.2. The van der Waals surface area contributed by atoms with Crippen molar-refractivity contribution in [1.82, 2.24) is 10.2 Å². The third-order valence-corrected chi connectivity index (χ3v) is 6.41. The number of amides is 2.